The standard InChI is InChI=1S/C16H18N2O/c19-16(14-9-17-11-18-10-14)8-13-6-3-5-12-4-1-2-7-15(12)13/h1-2,4,7,9-11,13,16,19H,3,5-6,8H2. The van der Waals surface area contributed by atoms with Crippen LogP contribution in [-0.4, -0.2) is 15.1 Å². The summed E-state index contributed by atoms with van der Waals surface area (Å²) in [6.07, 6.45) is 8.70. The molecule has 19 heavy (non-hydrogen) atoms. The van der Waals surface area contributed by atoms with Crippen LogP contribution in [0.5, 0.6) is 0 Å². The fraction of sp³-hybridized carbons (Fsp3) is 0.375. The largest absolute Gasteiger partial charge is 0.388 e. The van der Waals surface area contributed by atoms with Gasteiger partial charge in [-0.15, -0.1) is 0 Å². The summed E-state index contributed by atoms with van der Waals surface area (Å²) in [5, 5.41) is 10.3. The second-order valence-electron chi connectivity index (χ2n) is 5.21. The topological polar surface area (TPSA) is 46.0 Å². The van der Waals surface area contributed by atoms with E-state index in [1.54, 1.807) is 12.4 Å². The van der Waals surface area contributed by atoms with Gasteiger partial charge in [0.05, 0.1) is 6.10 Å². The van der Waals surface area contributed by atoms with Gasteiger partial charge in [0.1, 0.15) is 6.33 Å². The van der Waals surface area contributed by atoms with Crippen LogP contribution in [0.4, 0.5) is 0 Å². The molecule has 98 valence electrons. The second-order valence-corrected chi connectivity index (χ2v) is 5.21. The molecule has 3 heteroatoms. The van der Waals surface area contributed by atoms with Crippen molar-refractivity contribution in [3.63, 3.8) is 0 Å². The molecule has 3 rings (SSSR count). The summed E-state index contributed by atoms with van der Waals surface area (Å²) < 4.78 is 0. The fourth-order valence-corrected chi connectivity index (χ4v) is 2.99. The zero-order valence-electron chi connectivity index (χ0n) is 10.9. The Morgan fingerprint density at radius 3 is 2.84 bits per heavy atom. The molecule has 1 N–H and O–H groups in total. The number of nitrogens with zero attached hydrogens (tertiary/aromatic N) is 2. The van der Waals surface area contributed by atoms with Crippen molar-refractivity contribution in [2.24, 2.45) is 0 Å². The van der Waals surface area contributed by atoms with E-state index in [9.17, 15) is 5.11 Å². The van der Waals surface area contributed by atoms with Crippen molar-refractivity contribution in [2.75, 3.05) is 0 Å². The number of aliphatic hydroxyl groups excluding tert-OH is 1. The molecule has 0 radical (unpaired) electrons. The second kappa shape index (κ2) is 5.49. The van der Waals surface area contributed by atoms with Gasteiger partial charge in [0.15, 0.2) is 0 Å². The summed E-state index contributed by atoms with van der Waals surface area (Å²) in [6, 6.07) is 8.60. The van der Waals surface area contributed by atoms with E-state index < -0.39 is 6.10 Å². The molecule has 1 heterocycles. The van der Waals surface area contributed by atoms with Crippen molar-refractivity contribution < 1.29 is 5.11 Å². The molecule has 0 fully saturated rings. The first-order valence-electron chi connectivity index (χ1n) is 6.85. The van der Waals surface area contributed by atoms with Gasteiger partial charge < -0.3 is 5.11 Å². The van der Waals surface area contributed by atoms with Gasteiger partial charge in [0.25, 0.3) is 0 Å². The Bertz CT molecular complexity index is 541. The van der Waals surface area contributed by atoms with E-state index in [0.29, 0.717) is 5.92 Å². The van der Waals surface area contributed by atoms with E-state index in [4.69, 9.17) is 0 Å². The van der Waals surface area contributed by atoms with Gasteiger partial charge in [-0.3, -0.25) is 0 Å². The summed E-state index contributed by atoms with van der Waals surface area (Å²) >= 11 is 0. The lowest BCUT2D eigenvalue weighted by Crippen LogP contribution is -2.13. The predicted octanol–water partition coefficient (Wildman–Crippen LogP) is 3.02. The van der Waals surface area contributed by atoms with Gasteiger partial charge >= 0.3 is 0 Å². The average molecular weight is 254 g/mol. The molecule has 2 atom stereocenters. The molecule has 1 aromatic carbocycles. The van der Waals surface area contributed by atoms with Gasteiger partial charge in [0.2, 0.25) is 0 Å². The van der Waals surface area contributed by atoms with E-state index in [1.165, 1.54) is 23.9 Å². The number of benzene rings is 1. The third-order valence-corrected chi connectivity index (χ3v) is 3.97. The van der Waals surface area contributed by atoms with Crippen LogP contribution in [0.15, 0.2) is 43.0 Å². The first-order valence-corrected chi connectivity index (χ1v) is 6.85. The lowest BCUT2D eigenvalue weighted by Gasteiger charge is -2.27. The van der Waals surface area contributed by atoms with E-state index in [1.807, 2.05) is 0 Å². The average Bonchev–Trinajstić information content (AvgIpc) is 2.48. The minimum atomic E-state index is -0.475. The van der Waals surface area contributed by atoms with Crippen molar-refractivity contribution in [1.82, 2.24) is 9.97 Å². The molecule has 0 aliphatic heterocycles. The zero-order valence-corrected chi connectivity index (χ0v) is 10.9. The summed E-state index contributed by atoms with van der Waals surface area (Å²) in [5.41, 5.74) is 3.66. The summed E-state index contributed by atoms with van der Waals surface area (Å²) in [4.78, 5) is 7.94. The molecule has 3 nitrogen and oxygen atoms in total. The van der Waals surface area contributed by atoms with Gasteiger partial charge in [-0.05, 0) is 42.7 Å². The van der Waals surface area contributed by atoms with Crippen LogP contribution in [0.3, 0.4) is 0 Å². The van der Waals surface area contributed by atoms with Crippen molar-refractivity contribution in [2.45, 2.75) is 37.7 Å². The molecule has 0 spiro atoms. The van der Waals surface area contributed by atoms with Gasteiger partial charge in [0, 0.05) is 18.0 Å². The van der Waals surface area contributed by atoms with Crippen LogP contribution in [0.1, 0.15) is 48.0 Å². The molecule has 1 aromatic heterocycles. The Labute approximate surface area is 113 Å². The van der Waals surface area contributed by atoms with Gasteiger partial charge in [-0.1, -0.05) is 24.3 Å². The number of rotatable bonds is 3. The smallest absolute Gasteiger partial charge is 0.115 e. The highest BCUT2D eigenvalue weighted by Crippen LogP contribution is 2.37. The van der Waals surface area contributed by atoms with Crippen LogP contribution in [0.25, 0.3) is 0 Å². The molecule has 0 amide bonds. The van der Waals surface area contributed by atoms with E-state index in [0.717, 1.165) is 24.8 Å². The summed E-state index contributed by atoms with van der Waals surface area (Å²) in [7, 11) is 0. The van der Waals surface area contributed by atoms with Crippen molar-refractivity contribution in [3.05, 3.63) is 59.7 Å². The highest BCUT2D eigenvalue weighted by molar-refractivity contribution is 5.32. The molecule has 0 saturated carbocycles. The Balaban J connectivity index is 1.78. The lowest BCUT2D eigenvalue weighted by atomic mass is 9.79. The third kappa shape index (κ3) is 2.66. The first kappa shape index (κ1) is 12.3. The number of fused-ring (bicyclic) bond motifs is 1. The van der Waals surface area contributed by atoms with Crippen molar-refractivity contribution in [1.29, 1.82) is 0 Å². The van der Waals surface area contributed by atoms with Crippen molar-refractivity contribution >= 4 is 0 Å². The third-order valence-electron chi connectivity index (χ3n) is 3.97. The number of aryl methyl sites for hydroxylation is 1. The van der Waals surface area contributed by atoms with E-state index in [-0.39, 0.29) is 0 Å². The minimum Gasteiger partial charge on any atom is -0.388 e. The maximum Gasteiger partial charge on any atom is 0.115 e. The summed E-state index contributed by atoms with van der Waals surface area (Å²) in [6.45, 7) is 0. The fourth-order valence-electron chi connectivity index (χ4n) is 2.99. The first-order chi connectivity index (χ1) is 9.34. The van der Waals surface area contributed by atoms with Crippen LogP contribution in [-0.2, 0) is 6.42 Å². The van der Waals surface area contributed by atoms with Crippen LogP contribution >= 0.6 is 0 Å². The van der Waals surface area contributed by atoms with Gasteiger partial charge in [-0.2, -0.15) is 0 Å². The van der Waals surface area contributed by atoms with E-state index in [2.05, 4.69) is 34.2 Å². The Kier molecular flexibility index (Phi) is 3.56. The quantitative estimate of drug-likeness (QED) is 0.915. The number of aliphatic hydroxyl groups is 1. The molecule has 1 aliphatic rings. The SMILES string of the molecule is OC(CC1CCCc2ccccc21)c1cncnc1. The molecule has 2 unspecified atom stereocenters. The molecular formula is C16H18N2O. The zero-order chi connectivity index (χ0) is 13.1. The summed E-state index contributed by atoms with van der Waals surface area (Å²) in [5.74, 6) is 0.445. The minimum absolute atomic E-state index is 0.445. The van der Waals surface area contributed by atoms with E-state index >= 15 is 0 Å². The highest BCUT2D eigenvalue weighted by Gasteiger charge is 2.23. The maximum atomic E-state index is 10.3. The highest BCUT2D eigenvalue weighted by atomic mass is 16.3. The number of aromatic nitrogens is 2. The monoisotopic (exact) mass is 254 g/mol. The maximum absolute atomic E-state index is 10.3. The van der Waals surface area contributed by atoms with Crippen LogP contribution in [0.2, 0.25) is 0 Å². The molecule has 1 aliphatic carbocycles. The normalized spacial score (nSPS) is 19.7. The van der Waals surface area contributed by atoms with Crippen molar-refractivity contribution in [3.8, 4) is 0 Å². The molecule has 0 saturated heterocycles. The Hall–Kier alpha value is -1.74. The molecule has 0 bridgehead atoms. The number of hydrogen-bond donors (Lipinski definition) is 1. The Morgan fingerprint density at radius 1 is 1.21 bits per heavy atom. The Morgan fingerprint density at radius 2 is 2.00 bits per heavy atom. The number of hydrogen-bond acceptors (Lipinski definition) is 3. The van der Waals surface area contributed by atoms with Gasteiger partial charge in [-0.25, -0.2) is 9.97 Å². The molecular weight excluding hydrogens is 236 g/mol. The predicted molar refractivity (Wildman–Crippen MR) is 73.7 cm³/mol. The van der Waals surface area contributed by atoms with Crippen LogP contribution < -0.4 is 0 Å². The lowest BCUT2D eigenvalue weighted by molar-refractivity contribution is 0.153. The molecule has 2 aromatic rings. The van der Waals surface area contributed by atoms with Crippen LogP contribution in [0, 0.1) is 0 Å².